The molecule has 0 bridgehead atoms. The number of fused-ring (bicyclic) bond motifs is 1. The van der Waals surface area contributed by atoms with E-state index in [0.717, 1.165) is 28.6 Å². The molecule has 41 heavy (non-hydrogen) atoms. The van der Waals surface area contributed by atoms with Gasteiger partial charge in [0, 0.05) is 42.3 Å². The van der Waals surface area contributed by atoms with Crippen molar-refractivity contribution in [2.45, 2.75) is 33.0 Å². The average molecular weight is 566 g/mol. The third-order valence-corrected chi connectivity index (χ3v) is 6.85. The normalized spacial score (nSPS) is 11.6. The lowest BCUT2D eigenvalue weighted by Crippen LogP contribution is -2.44. The van der Waals surface area contributed by atoms with E-state index in [4.69, 9.17) is 4.74 Å². The molecule has 6 nitrogen and oxygen atoms in total. The van der Waals surface area contributed by atoms with E-state index in [1.54, 1.807) is 29.2 Å². The van der Waals surface area contributed by atoms with Crippen LogP contribution >= 0.6 is 0 Å². The van der Waals surface area contributed by atoms with Crippen LogP contribution in [0.1, 0.15) is 40.9 Å². The molecule has 1 heterocycles. The van der Waals surface area contributed by atoms with Crippen LogP contribution in [-0.4, -0.2) is 53.3 Å². The van der Waals surface area contributed by atoms with Gasteiger partial charge in [-0.3, -0.25) is 9.59 Å². The molecule has 0 radical (unpaired) electrons. The number of hydrogen-bond acceptors (Lipinski definition) is 3. The summed E-state index contributed by atoms with van der Waals surface area (Å²) in [5, 5.41) is 1.05. The van der Waals surface area contributed by atoms with Crippen molar-refractivity contribution in [1.29, 1.82) is 0 Å². The van der Waals surface area contributed by atoms with Gasteiger partial charge in [0.15, 0.2) is 0 Å². The van der Waals surface area contributed by atoms with Gasteiger partial charge in [-0.15, -0.1) is 0 Å². The first kappa shape index (κ1) is 29.7. The lowest BCUT2D eigenvalue weighted by molar-refractivity contribution is -0.137. The summed E-state index contributed by atoms with van der Waals surface area (Å²) in [4.78, 5) is 33.6. The molecule has 1 N–H and O–H groups in total. The van der Waals surface area contributed by atoms with Crippen LogP contribution in [0.5, 0.6) is 5.75 Å². The third-order valence-electron chi connectivity index (χ3n) is 6.85. The number of nitrogens with one attached hydrogen (secondary N) is 1. The highest BCUT2D eigenvalue weighted by molar-refractivity contribution is 5.97. The van der Waals surface area contributed by atoms with E-state index in [1.165, 1.54) is 24.1 Å². The van der Waals surface area contributed by atoms with E-state index in [-0.39, 0.29) is 30.8 Å². The fourth-order valence-corrected chi connectivity index (χ4v) is 4.77. The average Bonchev–Trinajstić information content (AvgIpc) is 3.37. The van der Waals surface area contributed by atoms with Gasteiger partial charge in [-0.1, -0.05) is 50.2 Å². The Kier molecular flexibility index (Phi) is 9.37. The Labute approximate surface area is 237 Å². The molecular formula is C32H34F3N3O3. The number of carbonyl (C=O) groups is 2. The molecule has 4 aromatic rings. The Hall–Kier alpha value is -4.27. The minimum absolute atomic E-state index is 0.104. The maximum absolute atomic E-state index is 13.8. The molecule has 0 saturated carbocycles. The minimum Gasteiger partial charge on any atom is -0.497 e. The molecule has 1 aromatic heterocycles. The number of amides is 2. The van der Waals surface area contributed by atoms with Crippen LogP contribution in [0.25, 0.3) is 10.9 Å². The molecule has 0 unspecified atom stereocenters. The predicted molar refractivity (Wildman–Crippen MR) is 153 cm³/mol. The molecule has 0 atom stereocenters. The monoisotopic (exact) mass is 565 g/mol. The van der Waals surface area contributed by atoms with Crippen molar-refractivity contribution in [2.75, 3.05) is 26.7 Å². The molecule has 9 heteroatoms. The molecule has 0 aliphatic rings. The van der Waals surface area contributed by atoms with E-state index < -0.39 is 11.7 Å². The second kappa shape index (κ2) is 12.9. The van der Waals surface area contributed by atoms with Crippen LogP contribution in [0, 0.1) is 5.92 Å². The van der Waals surface area contributed by atoms with Crippen LogP contribution in [-0.2, 0) is 23.9 Å². The number of alkyl halides is 3. The topological polar surface area (TPSA) is 65.6 Å². The van der Waals surface area contributed by atoms with Gasteiger partial charge in [-0.05, 0) is 59.9 Å². The van der Waals surface area contributed by atoms with Crippen LogP contribution in [0.4, 0.5) is 13.2 Å². The summed E-state index contributed by atoms with van der Waals surface area (Å²) in [6.07, 6.45) is -2.01. The highest BCUT2D eigenvalue weighted by Crippen LogP contribution is 2.29. The summed E-state index contributed by atoms with van der Waals surface area (Å²) < 4.78 is 44.6. The van der Waals surface area contributed by atoms with Crippen molar-refractivity contribution < 1.29 is 27.5 Å². The van der Waals surface area contributed by atoms with E-state index in [0.29, 0.717) is 36.4 Å². The maximum atomic E-state index is 13.8. The molecule has 2 amide bonds. The van der Waals surface area contributed by atoms with Crippen molar-refractivity contribution in [1.82, 2.24) is 14.8 Å². The van der Waals surface area contributed by atoms with Crippen molar-refractivity contribution in [3.05, 3.63) is 101 Å². The van der Waals surface area contributed by atoms with Gasteiger partial charge in [0.2, 0.25) is 5.91 Å². The number of nitrogens with zero attached hydrogens (tertiary/aromatic N) is 2. The lowest BCUT2D eigenvalue weighted by Gasteiger charge is -2.29. The van der Waals surface area contributed by atoms with Gasteiger partial charge in [-0.2, -0.15) is 13.2 Å². The largest absolute Gasteiger partial charge is 0.497 e. The lowest BCUT2D eigenvalue weighted by atomic mass is 10.1. The number of carbonyl (C=O) groups excluding carboxylic acids is 2. The number of ether oxygens (including phenoxy) is 1. The highest BCUT2D eigenvalue weighted by atomic mass is 19.4. The van der Waals surface area contributed by atoms with Crippen molar-refractivity contribution in [2.24, 2.45) is 5.92 Å². The second-order valence-electron chi connectivity index (χ2n) is 10.4. The number of methoxy groups -OCH3 is 1. The first-order valence-electron chi connectivity index (χ1n) is 13.5. The fourth-order valence-electron chi connectivity index (χ4n) is 4.77. The number of benzene rings is 3. The van der Waals surface area contributed by atoms with Gasteiger partial charge < -0.3 is 19.5 Å². The zero-order valence-electron chi connectivity index (χ0n) is 23.4. The van der Waals surface area contributed by atoms with E-state index in [1.807, 2.05) is 44.3 Å². The first-order chi connectivity index (χ1) is 19.5. The van der Waals surface area contributed by atoms with E-state index in [9.17, 15) is 22.8 Å². The Morgan fingerprint density at radius 1 is 0.951 bits per heavy atom. The quantitative estimate of drug-likeness (QED) is 0.224. The molecule has 0 spiro atoms. The van der Waals surface area contributed by atoms with Gasteiger partial charge in [0.05, 0.1) is 12.7 Å². The maximum Gasteiger partial charge on any atom is 0.416 e. The SMILES string of the molecule is COc1cccc(C(=O)N(CC(=O)N(CCc2c[nH]c3ccccc23)Cc2ccc(C(F)(F)F)cc2)CC(C)C)c1. The molecule has 216 valence electrons. The number of aromatic nitrogens is 1. The van der Waals surface area contributed by atoms with Gasteiger partial charge in [0.1, 0.15) is 12.3 Å². The number of hydrogen-bond donors (Lipinski definition) is 1. The summed E-state index contributed by atoms with van der Waals surface area (Å²) in [6, 6.07) is 19.5. The molecule has 3 aromatic carbocycles. The number of halogens is 3. The number of H-pyrrole nitrogens is 1. The van der Waals surface area contributed by atoms with Gasteiger partial charge in [0.25, 0.3) is 5.91 Å². The third kappa shape index (κ3) is 7.68. The van der Waals surface area contributed by atoms with Gasteiger partial charge >= 0.3 is 6.18 Å². The minimum atomic E-state index is -4.44. The van der Waals surface area contributed by atoms with Crippen LogP contribution in [0.2, 0.25) is 0 Å². The molecule has 0 aliphatic carbocycles. The zero-order valence-corrected chi connectivity index (χ0v) is 23.4. The van der Waals surface area contributed by atoms with E-state index >= 15 is 0 Å². The molecule has 0 aliphatic heterocycles. The van der Waals surface area contributed by atoms with Crippen molar-refractivity contribution in [3.8, 4) is 5.75 Å². The summed E-state index contributed by atoms with van der Waals surface area (Å²) in [5.74, 6) is 0.0555. The van der Waals surface area contributed by atoms with Gasteiger partial charge in [-0.25, -0.2) is 0 Å². The van der Waals surface area contributed by atoms with Crippen LogP contribution in [0.15, 0.2) is 79.0 Å². The predicted octanol–water partition coefficient (Wildman–Crippen LogP) is 6.57. The Balaban J connectivity index is 1.57. The van der Waals surface area contributed by atoms with Crippen molar-refractivity contribution >= 4 is 22.7 Å². The summed E-state index contributed by atoms with van der Waals surface area (Å²) >= 11 is 0. The standard InChI is InChI=1S/C32H34F3N3O3/c1-22(2)19-38(31(40)24-7-6-8-27(17-24)41-3)21-30(39)37(20-23-11-13-26(14-12-23)32(33,34)35)16-15-25-18-36-29-10-5-4-9-28(25)29/h4-14,17-18,22,36H,15-16,19-21H2,1-3H3. The number of aromatic amines is 1. The summed E-state index contributed by atoms with van der Waals surface area (Å²) in [5.41, 5.74) is 2.24. The van der Waals surface area contributed by atoms with Crippen LogP contribution in [0.3, 0.4) is 0 Å². The first-order valence-corrected chi connectivity index (χ1v) is 13.5. The fraction of sp³-hybridized carbons (Fsp3) is 0.312. The summed E-state index contributed by atoms with van der Waals surface area (Å²) in [7, 11) is 1.52. The Morgan fingerprint density at radius 2 is 1.68 bits per heavy atom. The second-order valence-corrected chi connectivity index (χ2v) is 10.4. The van der Waals surface area contributed by atoms with Crippen molar-refractivity contribution in [3.63, 3.8) is 0 Å². The number of rotatable bonds is 11. The zero-order chi connectivity index (χ0) is 29.6. The van der Waals surface area contributed by atoms with Crippen LogP contribution < -0.4 is 4.74 Å². The molecule has 0 fully saturated rings. The summed E-state index contributed by atoms with van der Waals surface area (Å²) in [6.45, 7) is 4.56. The Morgan fingerprint density at radius 3 is 2.37 bits per heavy atom. The Bertz CT molecular complexity index is 1480. The smallest absolute Gasteiger partial charge is 0.416 e. The molecular weight excluding hydrogens is 531 g/mol. The molecule has 0 saturated heterocycles. The highest BCUT2D eigenvalue weighted by Gasteiger charge is 2.30. The molecule has 4 rings (SSSR count). The number of para-hydroxylation sites is 1. The van der Waals surface area contributed by atoms with E-state index in [2.05, 4.69) is 4.98 Å².